The summed E-state index contributed by atoms with van der Waals surface area (Å²) in [5, 5.41) is 7.53. The molecule has 15 heteroatoms. The van der Waals surface area contributed by atoms with E-state index in [2.05, 4.69) is 91.2 Å². The van der Waals surface area contributed by atoms with Gasteiger partial charge in [0, 0.05) is 18.7 Å². The maximum absolute atomic E-state index is 13.7. The highest BCUT2D eigenvalue weighted by Gasteiger charge is 2.38. The highest BCUT2D eigenvalue weighted by Crippen LogP contribution is 2.34. The van der Waals surface area contributed by atoms with Crippen molar-refractivity contribution in [3.8, 4) is 33.6 Å². The third kappa shape index (κ3) is 8.80. The van der Waals surface area contributed by atoms with E-state index in [0.717, 1.165) is 63.1 Å². The van der Waals surface area contributed by atoms with Crippen LogP contribution < -0.4 is 10.6 Å². The minimum atomic E-state index is -0.748. The second kappa shape index (κ2) is 17.7. The zero-order valence-corrected chi connectivity index (χ0v) is 34.3. The van der Waals surface area contributed by atoms with Crippen LogP contribution in [0.4, 0.5) is 9.59 Å². The van der Waals surface area contributed by atoms with Crippen molar-refractivity contribution < 1.29 is 33.4 Å². The quantitative estimate of drug-likeness (QED) is 0.114. The van der Waals surface area contributed by atoms with Crippen molar-refractivity contribution in [2.45, 2.75) is 64.7 Å². The molecule has 7 rings (SSSR count). The normalized spacial score (nSPS) is 17.9. The molecule has 4 amide bonds. The number of alkyl carbamates (subject to hydrolysis) is 2. The molecule has 0 radical (unpaired) electrons. The van der Waals surface area contributed by atoms with Crippen LogP contribution in [0, 0.1) is 11.8 Å². The summed E-state index contributed by atoms with van der Waals surface area (Å²) in [5.74, 6) is 0.724. The number of carbonyl (C=O) groups excluding carboxylic acids is 4. The van der Waals surface area contributed by atoms with Crippen molar-refractivity contribution in [2.24, 2.45) is 11.8 Å². The first-order valence-electron chi connectivity index (χ1n) is 20.1. The van der Waals surface area contributed by atoms with Gasteiger partial charge in [-0.2, -0.15) is 0 Å². The van der Waals surface area contributed by atoms with E-state index in [1.54, 1.807) is 17.3 Å². The molecular formula is C44H52N8O7. The van der Waals surface area contributed by atoms with Gasteiger partial charge in [0.2, 0.25) is 11.8 Å². The summed E-state index contributed by atoms with van der Waals surface area (Å²) in [5.41, 5.74) is 5.75. The summed E-state index contributed by atoms with van der Waals surface area (Å²) in [4.78, 5) is 71.0. The van der Waals surface area contributed by atoms with E-state index in [0.29, 0.717) is 25.5 Å². The molecule has 2 saturated heterocycles. The van der Waals surface area contributed by atoms with Gasteiger partial charge in [-0.05, 0) is 64.3 Å². The van der Waals surface area contributed by atoms with Gasteiger partial charge in [-0.25, -0.2) is 19.6 Å². The van der Waals surface area contributed by atoms with Gasteiger partial charge in [-0.1, -0.05) is 76.2 Å². The van der Waals surface area contributed by atoms with Crippen LogP contribution in [0.15, 0.2) is 73.1 Å². The van der Waals surface area contributed by atoms with E-state index < -0.39 is 30.3 Å². The number of benzene rings is 3. The van der Waals surface area contributed by atoms with Crippen LogP contribution in [0.3, 0.4) is 0 Å². The molecule has 0 bridgehead atoms. The van der Waals surface area contributed by atoms with E-state index in [4.69, 9.17) is 14.2 Å². The number of H-pyrrole nitrogens is 2. The average Bonchev–Trinajstić information content (AvgIpc) is 4.06. The lowest BCUT2D eigenvalue weighted by Gasteiger charge is -2.37. The fraction of sp³-hybridized carbons (Fsp3) is 0.409. The Morgan fingerprint density at radius 3 is 1.75 bits per heavy atom. The summed E-state index contributed by atoms with van der Waals surface area (Å²) in [6.45, 7) is 9.20. The summed E-state index contributed by atoms with van der Waals surface area (Å²) < 4.78 is 15.3. The number of fused-ring (bicyclic) bond motifs is 1. The van der Waals surface area contributed by atoms with Crippen LogP contribution in [0.2, 0.25) is 0 Å². The number of nitrogens with one attached hydrogen (secondary N) is 4. The molecule has 0 saturated carbocycles. The number of likely N-dealkylation sites (tertiary alicyclic amines) is 1. The molecule has 3 aromatic carbocycles. The highest BCUT2D eigenvalue weighted by molar-refractivity contribution is 5.91. The molecule has 0 unspecified atom stereocenters. The average molecular weight is 805 g/mol. The van der Waals surface area contributed by atoms with E-state index >= 15 is 0 Å². The first-order chi connectivity index (χ1) is 28.4. The van der Waals surface area contributed by atoms with Crippen molar-refractivity contribution in [1.29, 1.82) is 0 Å². The lowest BCUT2D eigenvalue weighted by Crippen LogP contribution is -2.54. The second-order valence-corrected chi connectivity index (χ2v) is 15.7. The molecule has 0 aliphatic carbocycles. The number of amides is 4. The Labute approximate surface area is 343 Å². The van der Waals surface area contributed by atoms with E-state index in [1.807, 2.05) is 32.6 Å². The predicted molar refractivity (Wildman–Crippen MR) is 222 cm³/mol. The van der Waals surface area contributed by atoms with Crippen molar-refractivity contribution in [3.05, 3.63) is 84.7 Å². The lowest BCUT2D eigenvalue weighted by atomic mass is 9.98. The molecule has 59 heavy (non-hydrogen) atoms. The highest BCUT2D eigenvalue weighted by atomic mass is 16.5. The van der Waals surface area contributed by atoms with Gasteiger partial charge in [0.1, 0.15) is 29.8 Å². The predicted octanol–water partition coefficient (Wildman–Crippen LogP) is 6.61. The number of hydrogen-bond donors (Lipinski definition) is 4. The van der Waals surface area contributed by atoms with Crippen LogP contribution >= 0.6 is 0 Å². The lowest BCUT2D eigenvalue weighted by molar-refractivity contribution is -0.143. The van der Waals surface area contributed by atoms with Crippen LogP contribution in [-0.4, -0.2) is 106 Å². The van der Waals surface area contributed by atoms with Gasteiger partial charge >= 0.3 is 12.2 Å². The Balaban J connectivity index is 1.03. The minimum absolute atomic E-state index is 0.108. The van der Waals surface area contributed by atoms with Crippen LogP contribution in [-0.2, 0) is 23.8 Å². The summed E-state index contributed by atoms with van der Waals surface area (Å²) in [7, 11) is 2.57. The molecule has 0 spiro atoms. The maximum Gasteiger partial charge on any atom is 0.407 e. The maximum atomic E-state index is 13.7. The number of carbonyl (C=O) groups is 4. The number of ether oxygens (including phenoxy) is 3. The number of morpholine rings is 1. The van der Waals surface area contributed by atoms with Gasteiger partial charge in [0.05, 0.1) is 57.3 Å². The smallest absolute Gasteiger partial charge is 0.407 e. The summed E-state index contributed by atoms with van der Waals surface area (Å²) in [6, 6.07) is 18.9. The number of aromatic nitrogens is 4. The monoisotopic (exact) mass is 804 g/mol. The number of rotatable bonds is 11. The molecule has 15 nitrogen and oxygen atoms in total. The molecule has 310 valence electrons. The number of imidazole rings is 2. The fourth-order valence-electron chi connectivity index (χ4n) is 7.91. The largest absolute Gasteiger partial charge is 0.453 e. The van der Waals surface area contributed by atoms with Crippen molar-refractivity contribution in [1.82, 2.24) is 40.4 Å². The van der Waals surface area contributed by atoms with Crippen LogP contribution in [0.1, 0.15) is 64.3 Å². The van der Waals surface area contributed by atoms with E-state index in [-0.39, 0.29) is 36.3 Å². The molecule has 2 aliphatic heterocycles. The molecule has 4 N–H and O–H groups in total. The number of methoxy groups -OCH3 is 2. The van der Waals surface area contributed by atoms with Gasteiger partial charge in [-0.15, -0.1) is 0 Å². The Kier molecular flexibility index (Phi) is 12.3. The molecular weight excluding hydrogens is 753 g/mol. The molecule has 4 atom stereocenters. The fourth-order valence-corrected chi connectivity index (χ4v) is 7.91. The Hall–Kier alpha value is -6.22. The zero-order valence-electron chi connectivity index (χ0n) is 34.3. The van der Waals surface area contributed by atoms with E-state index in [9.17, 15) is 19.2 Å². The van der Waals surface area contributed by atoms with Gasteiger partial charge in [0.25, 0.3) is 0 Å². The Morgan fingerprint density at radius 2 is 1.17 bits per heavy atom. The van der Waals surface area contributed by atoms with Gasteiger partial charge in [0.15, 0.2) is 0 Å². The zero-order chi connectivity index (χ0) is 41.8. The van der Waals surface area contributed by atoms with Crippen molar-refractivity contribution in [2.75, 3.05) is 40.5 Å². The molecule has 2 fully saturated rings. The molecule has 5 aromatic rings. The Morgan fingerprint density at radius 1 is 0.678 bits per heavy atom. The van der Waals surface area contributed by atoms with E-state index in [1.165, 1.54) is 14.2 Å². The van der Waals surface area contributed by atoms with Gasteiger partial charge in [-0.3, -0.25) is 9.59 Å². The summed E-state index contributed by atoms with van der Waals surface area (Å²) in [6.07, 6.45) is 3.93. The second-order valence-electron chi connectivity index (χ2n) is 15.7. The van der Waals surface area contributed by atoms with Crippen LogP contribution in [0.25, 0.3) is 44.4 Å². The van der Waals surface area contributed by atoms with Crippen molar-refractivity contribution in [3.63, 3.8) is 0 Å². The number of hydrogen-bond acceptors (Lipinski definition) is 9. The molecule has 4 heterocycles. The third-order valence-electron chi connectivity index (χ3n) is 11.2. The summed E-state index contributed by atoms with van der Waals surface area (Å²) >= 11 is 0. The topological polar surface area (TPSA) is 184 Å². The van der Waals surface area contributed by atoms with Crippen LogP contribution in [0.5, 0.6) is 0 Å². The molecule has 2 aliphatic rings. The first kappa shape index (κ1) is 41.0. The van der Waals surface area contributed by atoms with Crippen molar-refractivity contribution >= 4 is 34.8 Å². The molecule has 2 aromatic heterocycles. The minimum Gasteiger partial charge on any atom is -0.453 e. The Bertz CT molecular complexity index is 2300. The number of nitrogens with zero attached hydrogens (tertiary/aromatic N) is 4. The SMILES string of the molecule is COC(=O)N[C@H](C(=O)N1CCC[C@H]1c1ncc(-c2ccc(-c3ccc4cc(-c5cnc([C@@H]6COCCN6C(=O)[C@@H](NC(=O)OC)C(C)C)[nH]5)ccc4c3)cc2)[nH]1)C(C)C. The standard InChI is InChI=1S/C44H52N8O7/c1-25(2)37(49-43(55)57-5)41(53)51-17-7-8-35(51)39-45-22-33(47-39)28-11-9-27(10-12-28)29-13-14-31-21-32(16-15-30(31)20-29)34-23-46-40(48-34)36-24-59-19-18-52(36)42(54)38(26(3)4)50-44(56)58-6/h9-16,20-23,25-26,35-38H,7-8,17-19,24H2,1-6H3,(H,45,47)(H,46,48)(H,49,55)(H,50,56)/t35-,36-,37-,38-/m0/s1. The van der Waals surface area contributed by atoms with Gasteiger partial charge < -0.3 is 44.6 Å². The number of aromatic amines is 2. The third-order valence-corrected chi connectivity index (χ3v) is 11.2. The first-order valence-corrected chi connectivity index (χ1v) is 20.1.